The fourth-order valence-electron chi connectivity index (χ4n) is 4.69. The van der Waals surface area contributed by atoms with Crippen molar-refractivity contribution >= 4 is 18.0 Å². The third-order valence-electron chi connectivity index (χ3n) is 6.19. The van der Waals surface area contributed by atoms with Gasteiger partial charge in [-0.3, -0.25) is 9.59 Å². The van der Waals surface area contributed by atoms with Gasteiger partial charge < -0.3 is 24.8 Å². The maximum atomic E-state index is 12.3. The summed E-state index contributed by atoms with van der Waals surface area (Å²) in [6.45, 7) is 1.02. The van der Waals surface area contributed by atoms with Crippen molar-refractivity contribution in [2.24, 2.45) is 0 Å². The van der Waals surface area contributed by atoms with E-state index < -0.39 is 12.1 Å². The molecule has 0 saturated carbocycles. The van der Waals surface area contributed by atoms with Crippen LogP contribution in [0.15, 0.2) is 48.5 Å². The molecule has 2 amide bonds. The van der Waals surface area contributed by atoms with Gasteiger partial charge in [0.25, 0.3) is 0 Å². The summed E-state index contributed by atoms with van der Waals surface area (Å²) in [5.41, 5.74) is 4.64. The monoisotopic (exact) mass is 452 g/mol. The number of rotatable bonds is 9. The number of amides is 2. The first-order chi connectivity index (χ1) is 16.0. The van der Waals surface area contributed by atoms with E-state index in [9.17, 15) is 14.4 Å². The van der Waals surface area contributed by atoms with Gasteiger partial charge >= 0.3 is 12.1 Å². The Labute approximate surface area is 192 Å². The van der Waals surface area contributed by atoms with E-state index in [1.807, 2.05) is 24.3 Å². The van der Waals surface area contributed by atoms with Crippen molar-refractivity contribution in [3.63, 3.8) is 0 Å². The van der Waals surface area contributed by atoms with E-state index in [2.05, 4.69) is 29.6 Å². The molecular formula is C25H28N2O6. The van der Waals surface area contributed by atoms with Gasteiger partial charge in [-0.2, -0.15) is 0 Å². The molecule has 0 spiro atoms. The van der Waals surface area contributed by atoms with Crippen LogP contribution in [0.5, 0.6) is 0 Å². The number of hydrogen-bond acceptors (Lipinski definition) is 5. The van der Waals surface area contributed by atoms with Crippen LogP contribution in [0, 0.1) is 0 Å². The number of nitrogens with zero attached hydrogens (tertiary/aromatic N) is 1. The minimum absolute atomic E-state index is 0.00349. The molecule has 174 valence electrons. The average Bonchev–Trinajstić information content (AvgIpc) is 3.39. The zero-order chi connectivity index (χ0) is 23.2. The predicted octanol–water partition coefficient (Wildman–Crippen LogP) is 3.01. The molecular weight excluding hydrogens is 424 g/mol. The highest BCUT2D eigenvalue weighted by Crippen LogP contribution is 2.44. The lowest BCUT2D eigenvalue weighted by molar-refractivity contribution is -0.141. The summed E-state index contributed by atoms with van der Waals surface area (Å²) in [7, 11) is 0. The zero-order valence-corrected chi connectivity index (χ0v) is 18.4. The van der Waals surface area contributed by atoms with Crippen molar-refractivity contribution < 1.29 is 29.0 Å². The first-order valence-corrected chi connectivity index (χ1v) is 11.2. The highest BCUT2D eigenvalue weighted by molar-refractivity contribution is 5.80. The molecule has 0 aromatic heterocycles. The summed E-state index contributed by atoms with van der Waals surface area (Å²) in [5.74, 6) is -1.14. The number of likely N-dealkylation sites (tertiary alicyclic amines) is 1. The Hall–Kier alpha value is -3.39. The maximum absolute atomic E-state index is 12.3. The van der Waals surface area contributed by atoms with Gasteiger partial charge in [0.1, 0.15) is 13.2 Å². The molecule has 1 heterocycles. The second kappa shape index (κ2) is 10.5. The predicted molar refractivity (Wildman–Crippen MR) is 121 cm³/mol. The summed E-state index contributed by atoms with van der Waals surface area (Å²) >= 11 is 0. The quantitative estimate of drug-likeness (QED) is 0.567. The second-order valence-corrected chi connectivity index (χ2v) is 8.29. The lowest BCUT2D eigenvalue weighted by Gasteiger charge is -2.23. The van der Waals surface area contributed by atoms with E-state index in [0.717, 1.165) is 17.5 Å². The molecule has 1 atom stereocenters. The van der Waals surface area contributed by atoms with Crippen molar-refractivity contribution in [2.45, 2.75) is 31.2 Å². The van der Waals surface area contributed by atoms with Gasteiger partial charge in [-0.1, -0.05) is 48.5 Å². The molecule has 1 aliphatic heterocycles. The zero-order valence-electron chi connectivity index (χ0n) is 18.4. The fraction of sp³-hybridized carbons (Fsp3) is 0.400. The molecule has 1 unspecified atom stereocenters. The van der Waals surface area contributed by atoms with Crippen molar-refractivity contribution in [3.05, 3.63) is 59.7 Å². The molecule has 33 heavy (non-hydrogen) atoms. The summed E-state index contributed by atoms with van der Waals surface area (Å²) < 4.78 is 10.8. The molecule has 8 heteroatoms. The Morgan fingerprint density at radius 1 is 1.03 bits per heavy atom. The smallest absolute Gasteiger partial charge is 0.407 e. The van der Waals surface area contributed by atoms with E-state index >= 15 is 0 Å². The van der Waals surface area contributed by atoms with Crippen LogP contribution in [0.3, 0.4) is 0 Å². The van der Waals surface area contributed by atoms with Gasteiger partial charge in [0.05, 0.1) is 13.0 Å². The molecule has 1 aliphatic carbocycles. The van der Waals surface area contributed by atoms with E-state index in [4.69, 9.17) is 14.6 Å². The van der Waals surface area contributed by atoms with Crippen molar-refractivity contribution in [3.8, 4) is 11.1 Å². The second-order valence-electron chi connectivity index (χ2n) is 8.29. The molecule has 1 fully saturated rings. The lowest BCUT2D eigenvalue weighted by Crippen LogP contribution is -2.39. The number of aliphatic carboxylic acids is 1. The number of ether oxygens (including phenoxy) is 2. The van der Waals surface area contributed by atoms with Gasteiger partial charge in [0.2, 0.25) is 5.91 Å². The number of hydrogen-bond donors (Lipinski definition) is 2. The Kier molecular flexibility index (Phi) is 7.24. The molecule has 1 saturated heterocycles. The third kappa shape index (κ3) is 5.34. The van der Waals surface area contributed by atoms with Crippen molar-refractivity contribution in [1.29, 1.82) is 0 Å². The number of alkyl carbamates (subject to hydrolysis) is 1. The summed E-state index contributed by atoms with van der Waals surface area (Å²) in [6, 6.07) is 16.0. The summed E-state index contributed by atoms with van der Waals surface area (Å²) in [4.78, 5) is 36.9. The van der Waals surface area contributed by atoms with Crippen LogP contribution in [0.4, 0.5) is 4.79 Å². The van der Waals surface area contributed by atoms with Crippen LogP contribution >= 0.6 is 0 Å². The van der Waals surface area contributed by atoms with Gasteiger partial charge in [-0.15, -0.1) is 0 Å². The molecule has 2 N–H and O–H groups in total. The Morgan fingerprint density at radius 2 is 1.70 bits per heavy atom. The summed E-state index contributed by atoms with van der Waals surface area (Å²) in [5, 5.41) is 11.6. The standard InChI is InChI=1S/C25H28N2O6/c28-23(27-12-5-6-17(27)14-24(29)30)16-32-13-11-26-25(31)33-15-22-20-9-3-1-7-18(20)19-8-2-4-10-21(19)22/h1-4,7-10,17,22H,5-6,11-16H2,(H,26,31)(H,29,30). The van der Waals surface area contributed by atoms with E-state index in [1.165, 1.54) is 11.1 Å². The first-order valence-electron chi connectivity index (χ1n) is 11.2. The largest absolute Gasteiger partial charge is 0.481 e. The molecule has 0 radical (unpaired) electrons. The lowest BCUT2D eigenvalue weighted by atomic mass is 9.98. The number of nitrogens with one attached hydrogen (secondary N) is 1. The number of carbonyl (C=O) groups is 3. The Morgan fingerprint density at radius 3 is 2.36 bits per heavy atom. The van der Waals surface area contributed by atoms with Crippen LogP contribution in [-0.4, -0.2) is 66.9 Å². The Bertz CT molecular complexity index is 978. The first kappa shape index (κ1) is 22.8. The number of carboxylic acid groups (broad SMARTS) is 1. The van der Waals surface area contributed by atoms with Gasteiger partial charge in [0.15, 0.2) is 0 Å². The van der Waals surface area contributed by atoms with Crippen LogP contribution < -0.4 is 5.32 Å². The van der Waals surface area contributed by atoms with E-state index in [1.54, 1.807) is 4.90 Å². The van der Waals surface area contributed by atoms with Crippen LogP contribution in [-0.2, 0) is 19.1 Å². The molecule has 2 aliphatic rings. The molecule has 8 nitrogen and oxygen atoms in total. The minimum atomic E-state index is -0.909. The molecule has 2 aromatic rings. The van der Waals surface area contributed by atoms with Gasteiger partial charge in [-0.05, 0) is 35.1 Å². The number of fused-ring (bicyclic) bond motifs is 3. The average molecular weight is 453 g/mol. The minimum Gasteiger partial charge on any atom is -0.481 e. The third-order valence-corrected chi connectivity index (χ3v) is 6.19. The maximum Gasteiger partial charge on any atom is 0.407 e. The fourth-order valence-corrected chi connectivity index (χ4v) is 4.69. The molecule has 2 aromatic carbocycles. The Balaban J connectivity index is 1.17. The van der Waals surface area contributed by atoms with Crippen LogP contribution in [0.2, 0.25) is 0 Å². The number of benzene rings is 2. The van der Waals surface area contributed by atoms with E-state index in [-0.39, 0.29) is 50.7 Å². The topological polar surface area (TPSA) is 105 Å². The number of carbonyl (C=O) groups excluding carboxylic acids is 2. The van der Waals surface area contributed by atoms with Crippen LogP contribution in [0.25, 0.3) is 11.1 Å². The highest BCUT2D eigenvalue weighted by atomic mass is 16.5. The van der Waals surface area contributed by atoms with Crippen LogP contribution in [0.1, 0.15) is 36.3 Å². The molecule has 0 bridgehead atoms. The SMILES string of the molecule is O=C(O)CC1CCCN1C(=O)COCCNC(=O)OCC1c2ccccc2-c2ccccc21. The van der Waals surface area contributed by atoms with Crippen molar-refractivity contribution in [2.75, 3.05) is 32.9 Å². The van der Waals surface area contributed by atoms with Gasteiger partial charge in [-0.25, -0.2) is 4.79 Å². The van der Waals surface area contributed by atoms with Gasteiger partial charge in [0, 0.05) is 25.0 Å². The highest BCUT2D eigenvalue weighted by Gasteiger charge is 2.30. The van der Waals surface area contributed by atoms with E-state index in [0.29, 0.717) is 13.0 Å². The summed E-state index contributed by atoms with van der Waals surface area (Å²) in [6.07, 6.45) is 0.914. The normalized spacial score (nSPS) is 16.8. The molecule has 4 rings (SSSR count). The van der Waals surface area contributed by atoms with Crippen molar-refractivity contribution in [1.82, 2.24) is 10.2 Å². The number of carboxylic acids is 1.